The molecule has 0 radical (unpaired) electrons. The van der Waals surface area contributed by atoms with Crippen LogP contribution in [0.25, 0.3) is 10.8 Å². The molecule has 3 N–H and O–H groups in total. The number of H-pyrrole nitrogens is 1. The number of nitrogens with two attached hydrogens (primary N) is 1. The Balaban J connectivity index is 1.56. The lowest BCUT2D eigenvalue weighted by molar-refractivity contribution is 0.0850. The van der Waals surface area contributed by atoms with Crippen molar-refractivity contribution in [1.29, 1.82) is 0 Å². The molecule has 1 aromatic heterocycles. The van der Waals surface area contributed by atoms with Gasteiger partial charge in [0.25, 0.3) is 5.56 Å². The Morgan fingerprint density at radius 1 is 1.14 bits per heavy atom. The third-order valence-corrected chi connectivity index (χ3v) is 6.76. The van der Waals surface area contributed by atoms with Gasteiger partial charge in [-0.15, -0.1) is 0 Å². The maximum Gasteiger partial charge on any atom is 0.255 e. The topological polar surface area (TPSA) is 68.1 Å². The van der Waals surface area contributed by atoms with Crippen LogP contribution in [0.4, 0.5) is 0 Å². The van der Waals surface area contributed by atoms with Crippen LogP contribution in [0.1, 0.15) is 45.1 Å². The van der Waals surface area contributed by atoms with E-state index in [0.717, 1.165) is 31.1 Å². The van der Waals surface area contributed by atoms with E-state index < -0.39 is 0 Å². The Labute approximate surface area is 176 Å². The van der Waals surface area contributed by atoms with Crippen LogP contribution in [0.3, 0.4) is 0 Å². The molecule has 1 heterocycles. The molecule has 2 aromatic carbocycles. The Morgan fingerprint density at radius 3 is 2.48 bits per heavy atom. The van der Waals surface area contributed by atoms with Gasteiger partial charge in [-0.1, -0.05) is 41.9 Å². The summed E-state index contributed by atoms with van der Waals surface area (Å²) in [6.45, 7) is 4.25. The minimum Gasteiger partial charge on any atom is -0.489 e. The minimum absolute atomic E-state index is 0.0748. The standard InChI is InChI=1S/C24H27ClN2O2/c1-23(2,26)24(17-6-4-3-5-7-17)11-8-18(9-12-24)29-21-14-16-10-13-27-22(28)19(16)15-20(21)25/h3-7,10,13-15,18H,8-9,11-12,26H2,1-2H3,(H,27,28). The van der Waals surface area contributed by atoms with Gasteiger partial charge >= 0.3 is 0 Å². The molecule has 3 aromatic rings. The number of aromatic amines is 1. The highest BCUT2D eigenvalue weighted by Gasteiger charge is 2.46. The number of pyridine rings is 1. The monoisotopic (exact) mass is 410 g/mol. The molecule has 5 heteroatoms. The predicted octanol–water partition coefficient (Wildman–Crippen LogP) is 5.18. The van der Waals surface area contributed by atoms with Gasteiger partial charge in [0.1, 0.15) is 5.75 Å². The van der Waals surface area contributed by atoms with Crippen LogP contribution >= 0.6 is 11.6 Å². The molecule has 0 saturated heterocycles. The normalized spacial score (nSPS) is 22.6. The van der Waals surface area contributed by atoms with Gasteiger partial charge in [0.15, 0.2) is 0 Å². The summed E-state index contributed by atoms with van der Waals surface area (Å²) in [5.41, 5.74) is 7.43. The molecule has 4 rings (SSSR count). The van der Waals surface area contributed by atoms with E-state index in [2.05, 4.69) is 43.1 Å². The van der Waals surface area contributed by atoms with E-state index >= 15 is 0 Å². The van der Waals surface area contributed by atoms with Gasteiger partial charge in [-0.3, -0.25) is 4.79 Å². The summed E-state index contributed by atoms with van der Waals surface area (Å²) >= 11 is 6.42. The molecular weight excluding hydrogens is 384 g/mol. The summed E-state index contributed by atoms with van der Waals surface area (Å²) < 4.78 is 6.29. The Bertz CT molecular complexity index is 1060. The fourth-order valence-corrected chi connectivity index (χ4v) is 4.93. The molecule has 0 amide bonds. The number of rotatable bonds is 4. The van der Waals surface area contributed by atoms with Crippen LogP contribution < -0.4 is 16.0 Å². The van der Waals surface area contributed by atoms with E-state index in [1.807, 2.05) is 18.2 Å². The summed E-state index contributed by atoms with van der Waals surface area (Å²) in [4.78, 5) is 14.6. The van der Waals surface area contributed by atoms with Gasteiger partial charge in [-0.05, 0) is 68.7 Å². The van der Waals surface area contributed by atoms with E-state index in [-0.39, 0.29) is 22.6 Å². The molecular formula is C24H27ClN2O2. The molecule has 29 heavy (non-hydrogen) atoms. The van der Waals surface area contributed by atoms with Crippen molar-refractivity contribution in [2.24, 2.45) is 5.73 Å². The highest BCUT2D eigenvalue weighted by atomic mass is 35.5. The molecule has 0 atom stereocenters. The number of ether oxygens (including phenoxy) is 1. The van der Waals surface area contributed by atoms with Crippen LogP contribution in [-0.2, 0) is 5.41 Å². The second-order valence-electron chi connectivity index (χ2n) is 8.66. The van der Waals surface area contributed by atoms with Gasteiger partial charge in [-0.2, -0.15) is 0 Å². The van der Waals surface area contributed by atoms with Crippen molar-refractivity contribution in [3.05, 3.63) is 75.7 Å². The van der Waals surface area contributed by atoms with E-state index in [9.17, 15) is 4.79 Å². The summed E-state index contributed by atoms with van der Waals surface area (Å²) in [5.74, 6) is 0.633. The highest BCUT2D eigenvalue weighted by Crippen LogP contribution is 2.47. The van der Waals surface area contributed by atoms with Crippen LogP contribution in [0.15, 0.2) is 59.5 Å². The van der Waals surface area contributed by atoms with Gasteiger partial charge in [0.05, 0.1) is 11.1 Å². The van der Waals surface area contributed by atoms with Crippen LogP contribution in [0.2, 0.25) is 5.02 Å². The van der Waals surface area contributed by atoms with Crippen molar-refractivity contribution in [2.45, 2.75) is 56.6 Å². The number of hydrogen-bond donors (Lipinski definition) is 2. The zero-order chi connectivity index (χ0) is 20.6. The average Bonchev–Trinajstić information content (AvgIpc) is 2.70. The third kappa shape index (κ3) is 3.67. The Kier molecular flexibility index (Phi) is 5.18. The first kappa shape index (κ1) is 20.0. The van der Waals surface area contributed by atoms with Crippen molar-refractivity contribution in [1.82, 2.24) is 4.98 Å². The quantitative estimate of drug-likeness (QED) is 0.622. The molecule has 1 saturated carbocycles. The lowest BCUT2D eigenvalue weighted by atomic mass is 9.59. The molecule has 1 aliphatic carbocycles. The first-order chi connectivity index (χ1) is 13.8. The van der Waals surface area contributed by atoms with E-state index in [4.69, 9.17) is 22.1 Å². The molecule has 152 valence electrons. The molecule has 0 unspecified atom stereocenters. The SMILES string of the molecule is CC(C)(N)C1(c2ccccc2)CCC(Oc2cc3cc[nH]c(=O)c3cc2Cl)CC1. The lowest BCUT2D eigenvalue weighted by Crippen LogP contribution is -2.56. The van der Waals surface area contributed by atoms with E-state index in [1.54, 1.807) is 12.3 Å². The zero-order valence-electron chi connectivity index (χ0n) is 16.9. The second kappa shape index (κ2) is 7.51. The van der Waals surface area contributed by atoms with Gasteiger partial charge in [0.2, 0.25) is 0 Å². The average molecular weight is 411 g/mol. The van der Waals surface area contributed by atoms with Crippen molar-refractivity contribution in [3.8, 4) is 5.75 Å². The van der Waals surface area contributed by atoms with Crippen LogP contribution in [0, 0.1) is 0 Å². The first-order valence-corrected chi connectivity index (χ1v) is 10.5. The molecule has 1 fully saturated rings. The van der Waals surface area contributed by atoms with Crippen molar-refractivity contribution < 1.29 is 4.74 Å². The summed E-state index contributed by atoms with van der Waals surface area (Å²) in [6.07, 6.45) is 5.43. The molecule has 0 bridgehead atoms. The van der Waals surface area contributed by atoms with Crippen molar-refractivity contribution in [2.75, 3.05) is 0 Å². The zero-order valence-corrected chi connectivity index (χ0v) is 17.6. The van der Waals surface area contributed by atoms with E-state index in [0.29, 0.717) is 16.2 Å². The summed E-state index contributed by atoms with van der Waals surface area (Å²) in [5, 5.41) is 1.86. The number of hydrogen-bond acceptors (Lipinski definition) is 3. The predicted molar refractivity (Wildman–Crippen MR) is 119 cm³/mol. The van der Waals surface area contributed by atoms with Crippen LogP contribution in [-0.4, -0.2) is 16.6 Å². The third-order valence-electron chi connectivity index (χ3n) is 6.47. The largest absolute Gasteiger partial charge is 0.489 e. The minimum atomic E-state index is -0.332. The van der Waals surface area contributed by atoms with Crippen molar-refractivity contribution in [3.63, 3.8) is 0 Å². The molecule has 0 spiro atoms. The summed E-state index contributed by atoms with van der Waals surface area (Å²) in [7, 11) is 0. The second-order valence-corrected chi connectivity index (χ2v) is 9.07. The fraction of sp³-hybridized carbons (Fsp3) is 0.375. The molecule has 4 nitrogen and oxygen atoms in total. The van der Waals surface area contributed by atoms with Gasteiger partial charge in [-0.25, -0.2) is 0 Å². The van der Waals surface area contributed by atoms with E-state index in [1.165, 1.54) is 5.56 Å². The smallest absolute Gasteiger partial charge is 0.255 e. The Hall–Kier alpha value is -2.30. The number of benzene rings is 2. The molecule has 1 aliphatic rings. The van der Waals surface area contributed by atoms with Gasteiger partial charge < -0.3 is 15.5 Å². The van der Waals surface area contributed by atoms with Crippen molar-refractivity contribution >= 4 is 22.4 Å². The van der Waals surface area contributed by atoms with Crippen LogP contribution in [0.5, 0.6) is 5.75 Å². The van der Waals surface area contributed by atoms with Gasteiger partial charge in [0, 0.05) is 22.5 Å². The number of halogens is 1. The first-order valence-electron chi connectivity index (χ1n) is 10.1. The maximum atomic E-state index is 12.0. The summed E-state index contributed by atoms with van der Waals surface area (Å²) in [6, 6.07) is 16.0. The fourth-order valence-electron chi connectivity index (χ4n) is 4.72. The number of nitrogens with one attached hydrogen (secondary N) is 1. The number of aromatic nitrogens is 1. The molecule has 0 aliphatic heterocycles. The Morgan fingerprint density at radius 2 is 1.83 bits per heavy atom. The number of fused-ring (bicyclic) bond motifs is 1. The maximum absolute atomic E-state index is 12.0. The lowest BCUT2D eigenvalue weighted by Gasteiger charge is -2.49. The highest BCUT2D eigenvalue weighted by molar-refractivity contribution is 6.32.